The molecule has 3 N–H and O–H groups in total. The number of nitrogens with zero attached hydrogens (tertiary/aromatic N) is 1. The molecule has 0 atom stereocenters. The lowest BCUT2D eigenvalue weighted by Crippen LogP contribution is -2.17. The number of H-pyrrole nitrogens is 1. The summed E-state index contributed by atoms with van der Waals surface area (Å²) in [5.74, 6) is 0.0551. The molecule has 7 heteroatoms. The third-order valence-corrected chi connectivity index (χ3v) is 2.86. The molecule has 0 unspecified atom stereocenters. The van der Waals surface area contributed by atoms with Gasteiger partial charge in [0.15, 0.2) is 0 Å². The fourth-order valence-electron chi connectivity index (χ4n) is 1.84. The van der Waals surface area contributed by atoms with Gasteiger partial charge in [-0.1, -0.05) is 19.1 Å². The number of halogens is 3. The maximum atomic E-state index is 12.6. The van der Waals surface area contributed by atoms with Crippen molar-refractivity contribution in [3.63, 3.8) is 0 Å². The molecule has 2 aromatic rings. The lowest BCUT2D eigenvalue weighted by Gasteiger charge is -2.09. The third-order valence-electron chi connectivity index (χ3n) is 2.86. The Labute approximate surface area is 112 Å². The normalized spacial score (nSPS) is 11.6. The molecule has 1 heterocycles. The molecule has 20 heavy (non-hydrogen) atoms. The summed E-state index contributed by atoms with van der Waals surface area (Å²) in [4.78, 5) is 18.2. The van der Waals surface area contributed by atoms with Crippen LogP contribution in [0.1, 0.15) is 18.1 Å². The van der Waals surface area contributed by atoms with E-state index in [2.05, 4.69) is 9.97 Å². The van der Waals surface area contributed by atoms with Crippen LogP contribution < -0.4 is 11.3 Å². The molecule has 0 aliphatic heterocycles. The Morgan fingerprint density at radius 3 is 2.60 bits per heavy atom. The van der Waals surface area contributed by atoms with Gasteiger partial charge in [0.25, 0.3) is 5.56 Å². The van der Waals surface area contributed by atoms with E-state index in [1.54, 1.807) is 6.92 Å². The minimum absolute atomic E-state index is 0.0239. The molecule has 1 aromatic carbocycles. The summed E-state index contributed by atoms with van der Waals surface area (Å²) >= 11 is 0. The highest BCUT2D eigenvalue weighted by molar-refractivity contribution is 5.58. The van der Waals surface area contributed by atoms with E-state index in [-0.39, 0.29) is 17.2 Å². The zero-order valence-electron chi connectivity index (χ0n) is 10.6. The molecule has 0 amide bonds. The van der Waals surface area contributed by atoms with E-state index in [0.29, 0.717) is 12.0 Å². The molecular formula is C13H12F3N3O. The first-order chi connectivity index (χ1) is 9.32. The van der Waals surface area contributed by atoms with Crippen molar-refractivity contribution in [2.24, 2.45) is 0 Å². The highest BCUT2D eigenvalue weighted by Crippen LogP contribution is 2.31. The highest BCUT2D eigenvalue weighted by Gasteiger charge is 2.30. The van der Waals surface area contributed by atoms with Crippen LogP contribution in [0.3, 0.4) is 0 Å². The number of alkyl halides is 3. The summed E-state index contributed by atoms with van der Waals surface area (Å²) in [6.45, 7) is 1.74. The van der Waals surface area contributed by atoms with Crippen molar-refractivity contribution in [2.75, 3.05) is 5.73 Å². The number of nitrogen functional groups attached to an aromatic ring is 1. The highest BCUT2D eigenvalue weighted by atomic mass is 19.4. The molecule has 0 spiro atoms. The molecule has 106 valence electrons. The van der Waals surface area contributed by atoms with Crippen LogP contribution in [0.15, 0.2) is 29.1 Å². The van der Waals surface area contributed by atoms with E-state index in [4.69, 9.17) is 5.73 Å². The third kappa shape index (κ3) is 2.66. The van der Waals surface area contributed by atoms with Gasteiger partial charge in [0.05, 0.1) is 11.1 Å². The summed E-state index contributed by atoms with van der Waals surface area (Å²) in [5.41, 5.74) is 4.87. The average molecular weight is 283 g/mol. The quantitative estimate of drug-likeness (QED) is 0.889. The molecule has 0 saturated heterocycles. The maximum absolute atomic E-state index is 12.6. The largest absolute Gasteiger partial charge is 0.416 e. The van der Waals surface area contributed by atoms with Gasteiger partial charge in [0.2, 0.25) is 0 Å². The van der Waals surface area contributed by atoms with Crippen molar-refractivity contribution in [3.8, 4) is 11.4 Å². The summed E-state index contributed by atoms with van der Waals surface area (Å²) in [6, 6.07) is 4.55. The first-order valence-electron chi connectivity index (χ1n) is 5.89. The fourth-order valence-corrected chi connectivity index (χ4v) is 1.84. The smallest absolute Gasteiger partial charge is 0.383 e. The number of rotatable bonds is 2. The molecule has 4 nitrogen and oxygen atoms in total. The summed E-state index contributed by atoms with van der Waals surface area (Å²) in [5, 5.41) is 0. The Hall–Kier alpha value is -2.31. The molecule has 0 saturated carbocycles. The standard InChI is InChI=1S/C13H12F3N3O/c1-2-9-10(17)18-11(19-12(9)20)7-4-3-5-8(6-7)13(14,15)16/h3-6H,2H2,1H3,(H3,17,18,19,20). The van der Waals surface area contributed by atoms with E-state index in [1.807, 2.05) is 0 Å². The second kappa shape index (κ2) is 4.99. The fraction of sp³-hybridized carbons (Fsp3) is 0.231. The maximum Gasteiger partial charge on any atom is 0.416 e. The topological polar surface area (TPSA) is 71.8 Å². The van der Waals surface area contributed by atoms with Crippen LogP contribution in [0.5, 0.6) is 0 Å². The second-order valence-electron chi connectivity index (χ2n) is 4.21. The first-order valence-corrected chi connectivity index (χ1v) is 5.89. The first kappa shape index (κ1) is 14.1. The zero-order valence-corrected chi connectivity index (χ0v) is 10.6. The number of hydrogen-bond donors (Lipinski definition) is 2. The number of nitrogens with one attached hydrogen (secondary N) is 1. The number of nitrogens with two attached hydrogens (primary N) is 1. The van der Waals surface area contributed by atoms with Gasteiger partial charge in [0.1, 0.15) is 11.6 Å². The van der Waals surface area contributed by atoms with Gasteiger partial charge in [-0.15, -0.1) is 0 Å². The predicted octanol–water partition coefficient (Wildman–Crippen LogP) is 2.60. The van der Waals surface area contributed by atoms with Gasteiger partial charge in [-0.3, -0.25) is 4.79 Å². The molecule has 0 fully saturated rings. The van der Waals surface area contributed by atoms with Gasteiger partial charge < -0.3 is 10.7 Å². The summed E-state index contributed by atoms with van der Waals surface area (Å²) in [6.07, 6.45) is -4.05. The Morgan fingerprint density at radius 2 is 2.05 bits per heavy atom. The van der Waals surface area contributed by atoms with Crippen LogP contribution in [0.25, 0.3) is 11.4 Å². The minimum atomic E-state index is -4.45. The van der Waals surface area contributed by atoms with E-state index in [0.717, 1.165) is 12.1 Å². The SMILES string of the molecule is CCc1c(N)nc(-c2cccc(C(F)(F)F)c2)[nH]c1=O. The van der Waals surface area contributed by atoms with Gasteiger partial charge in [-0.05, 0) is 18.6 Å². The molecule has 0 aliphatic rings. The Kier molecular flexibility index (Phi) is 3.52. The molecule has 2 rings (SSSR count). The summed E-state index contributed by atoms with van der Waals surface area (Å²) < 4.78 is 37.9. The van der Waals surface area contributed by atoms with E-state index < -0.39 is 17.3 Å². The second-order valence-corrected chi connectivity index (χ2v) is 4.21. The van der Waals surface area contributed by atoms with Crippen LogP contribution >= 0.6 is 0 Å². The average Bonchev–Trinajstić information content (AvgIpc) is 2.37. The van der Waals surface area contributed by atoms with Crippen molar-refractivity contribution in [1.29, 1.82) is 0 Å². The van der Waals surface area contributed by atoms with E-state index in [9.17, 15) is 18.0 Å². The van der Waals surface area contributed by atoms with Crippen molar-refractivity contribution in [1.82, 2.24) is 9.97 Å². The van der Waals surface area contributed by atoms with Crippen molar-refractivity contribution in [2.45, 2.75) is 19.5 Å². The zero-order chi connectivity index (χ0) is 14.9. The van der Waals surface area contributed by atoms with Gasteiger partial charge in [-0.25, -0.2) is 4.98 Å². The molecule has 1 aromatic heterocycles. The number of aromatic nitrogens is 2. The lowest BCUT2D eigenvalue weighted by atomic mass is 10.1. The predicted molar refractivity (Wildman–Crippen MR) is 69.1 cm³/mol. The van der Waals surface area contributed by atoms with Crippen molar-refractivity contribution >= 4 is 5.82 Å². The van der Waals surface area contributed by atoms with Crippen LogP contribution in [0.4, 0.5) is 19.0 Å². The van der Waals surface area contributed by atoms with Crippen LogP contribution in [-0.4, -0.2) is 9.97 Å². The Balaban J connectivity index is 2.55. The number of anilines is 1. The Bertz CT molecular complexity index is 692. The van der Waals surface area contributed by atoms with Crippen molar-refractivity contribution < 1.29 is 13.2 Å². The van der Waals surface area contributed by atoms with Gasteiger partial charge in [-0.2, -0.15) is 13.2 Å². The van der Waals surface area contributed by atoms with Crippen LogP contribution in [0, 0.1) is 0 Å². The van der Waals surface area contributed by atoms with Gasteiger partial charge in [0, 0.05) is 5.56 Å². The van der Waals surface area contributed by atoms with Crippen LogP contribution in [-0.2, 0) is 12.6 Å². The van der Waals surface area contributed by atoms with E-state index >= 15 is 0 Å². The number of hydrogen-bond acceptors (Lipinski definition) is 3. The number of aromatic amines is 1. The van der Waals surface area contributed by atoms with Crippen molar-refractivity contribution in [3.05, 3.63) is 45.7 Å². The molecule has 0 bridgehead atoms. The summed E-state index contributed by atoms with van der Waals surface area (Å²) in [7, 11) is 0. The molecule has 0 radical (unpaired) electrons. The van der Waals surface area contributed by atoms with Gasteiger partial charge >= 0.3 is 6.18 Å². The monoisotopic (exact) mass is 283 g/mol. The minimum Gasteiger partial charge on any atom is -0.383 e. The Morgan fingerprint density at radius 1 is 1.35 bits per heavy atom. The molecule has 0 aliphatic carbocycles. The molecular weight excluding hydrogens is 271 g/mol. The number of benzene rings is 1. The van der Waals surface area contributed by atoms with E-state index in [1.165, 1.54) is 12.1 Å². The van der Waals surface area contributed by atoms with Crippen LogP contribution in [0.2, 0.25) is 0 Å². The lowest BCUT2D eigenvalue weighted by molar-refractivity contribution is -0.137.